The van der Waals surface area contributed by atoms with E-state index in [0.29, 0.717) is 19.6 Å². The van der Waals surface area contributed by atoms with Gasteiger partial charge < -0.3 is 20.3 Å². The van der Waals surface area contributed by atoms with E-state index in [0.717, 1.165) is 23.5 Å². The number of hydrogen-bond donors (Lipinski definition) is 2. The van der Waals surface area contributed by atoms with Gasteiger partial charge in [-0.15, -0.1) is 12.6 Å². The first kappa shape index (κ1) is 19.9. The zero-order valence-corrected chi connectivity index (χ0v) is 17.2. The number of benzene rings is 1. The van der Waals surface area contributed by atoms with Crippen LogP contribution in [0.3, 0.4) is 0 Å². The molecule has 0 bridgehead atoms. The van der Waals surface area contributed by atoms with Crippen LogP contribution >= 0.6 is 12.6 Å². The molecule has 1 aliphatic heterocycles. The maximum Gasteiger partial charge on any atom is 0.410 e. The monoisotopic (exact) mass is 365 g/mol. The van der Waals surface area contributed by atoms with Gasteiger partial charge in [0.1, 0.15) is 5.60 Å². The number of thiol groups is 1. The van der Waals surface area contributed by atoms with Crippen molar-refractivity contribution < 1.29 is 9.53 Å². The molecule has 1 aromatic carbocycles. The van der Waals surface area contributed by atoms with Crippen LogP contribution in [0.4, 0.5) is 10.5 Å². The Morgan fingerprint density at radius 2 is 1.64 bits per heavy atom. The highest BCUT2D eigenvalue weighted by molar-refractivity contribution is 7.80. The summed E-state index contributed by atoms with van der Waals surface area (Å²) in [5.74, 6) is 0. The number of carbonyl (C=O) groups is 1. The number of amides is 1. The fourth-order valence-corrected chi connectivity index (χ4v) is 3.70. The summed E-state index contributed by atoms with van der Waals surface area (Å²) in [6.45, 7) is 15.4. The van der Waals surface area contributed by atoms with Gasteiger partial charge in [-0.2, -0.15) is 0 Å². The van der Waals surface area contributed by atoms with Gasteiger partial charge in [0.15, 0.2) is 0 Å². The molecule has 0 spiro atoms. The molecule has 5 nitrogen and oxygen atoms in total. The van der Waals surface area contributed by atoms with Gasteiger partial charge in [-0.25, -0.2) is 4.79 Å². The summed E-state index contributed by atoms with van der Waals surface area (Å²) >= 11 is 4.70. The summed E-state index contributed by atoms with van der Waals surface area (Å²) in [5, 5.41) is 0. The molecule has 1 fully saturated rings. The number of hydrogen-bond acceptors (Lipinski definition) is 5. The third-order valence-electron chi connectivity index (χ3n) is 4.78. The number of rotatable bonds is 2. The number of nitrogens with zero attached hydrogens (tertiary/aromatic N) is 2. The van der Waals surface area contributed by atoms with Crippen molar-refractivity contribution in [1.82, 2.24) is 4.90 Å². The van der Waals surface area contributed by atoms with Crippen LogP contribution in [0.15, 0.2) is 4.90 Å². The molecule has 2 N–H and O–H groups in total. The number of nitrogens with two attached hydrogens (primary N) is 1. The number of ether oxygens (including phenoxy) is 1. The summed E-state index contributed by atoms with van der Waals surface area (Å²) < 4.78 is 5.48. The Kier molecular flexibility index (Phi) is 5.94. The highest BCUT2D eigenvalue weighted by Gasteiger charge is 2.28. The third kappa shape index (κ3) is 4.23. The molecule has 0 radical (unpaired) electrons. The standard InChI is InChI=1S/C19H31N3O2S/c1-12-15(11-20)13(2)17(25)14(3)16(12)21-7-9-22(10-8-21)18(23)24-19(4,5)6/h25H,7-11,20H2,1-6H3. The Balaban J connectivity index is 2.19. The molecule has 0 saturated carbocycles. The van der Waals surface area contributed by atoms with E-state index in [-0.39, 0.29) is 6.09 Å². The van der Waals surface area contributed by atoms with Crippen molar-refractivity contribution in [3.8, 4) is 0 Å². The zero-order chi connectivity index (χ0) is 18.9. The SMILES string of the molecule is Cc1c(S)c(C)c(N2CCN(C(=O)OC(C)(C)C)CC2)c(C)c1CN. The van der Waals surface area contributed by atoms with Crippen molar-refractivity contribution in [1.29, 1.82) is 0 Å². The van der Waals surface area contributed by atoms with Crippen LogP contribution < -0.4 is 10.6 Å². The highest BCUT2D eigenvalue weighted by Crippen LogP contribution is 2.36. The summed E-state index contributed by atoms with van der Waals surface area (Å²) in [6, 6.07) is 0. The average molecular weight is 366 g/mol. The van der Waals surface area contributed by atoms with E-state index in [2.05, 4.69) is 25.7 Å². The van der Waals surface area contributed by atoms with E-state index in [1.165, 1.54) is 22.4 Å². The number of anilines is 1. The molecule has 140 valence electrons. The molecule has 0 aliphatic carbocycles. The van der Waals surface area contributed by atoms with Crippen LogP contribution in [-0.4, -0.2) is 42.8 Å². The van der Waals surface area contributed by atoms with Crippen molar-refractivity contribution in [2.75, 3.05) is 31.1 Å². The van der Waals surface area contributed by atoms with E-state index in [1.54, 1.807) is 4.90 Å². The predicted octanol–water partition coefficient (Wildman–Crippen LogP) is 3.42. The van der Waals surface area contributed by atoms with E-state index >= 15 is 0 Å². The normalized spacial score (nSPS) is 15.5. The summed E-state index contributed by atoms with van der Waals surface area (Å²) in [5.41, 5.74) is 11.4. The van der Waals surface area contributed by atoms with Crippen LogP contribution in [0.2, 0.25) is 0 Å². The van der Waals surface area contributed by atoms with Gasteiger partial charge in [0.2, 0.25) is 0 Å². The van der Waals surface area contributed by atoms with Crippen LogP contribution in [0.1, 0.15) is 43.0 Å². The highest BCUT2D eigenvalue weighted by atomic mass is 32.1. The number of carbonyl (C=O) groups excluding carboxylic acids is 1. The lowest BCUT2D eigenvalue weighted by Crippen LogP contribution is -2.50. The van der Waals surface area contributed by atoms with Gasteiger partial charge in [-0.05, 0) is 63.8 Å². The lowest BCUT2D eigenvalue weighted by Gasteiger charge is -2.38. The van der Waals surface area contributed by atoms with Crippen molar-refractivity contribution in [3.05, 3.63) is 22.3 Å². The Bertz CT molecular complexity index is 660. The van der Waals surface area contributed by atoms with Crippen molar-refractivity contribution in [3.63, 3.8) is 0 Å². The lowest BCUT2D eigenvalue weighted by atomic mass is 9.96. The van der Waals surface area contributed by atoms with Crippen LogP contribution in [-0.2, 0) is 11.3 Å². The minimum absolute atomic E-state index is 0.234. The molecule has 25 heavy (non-hydrogen) atoms. The zero-order valence-electron chi connectivity index (χ0n) is 16.3. The predicted molar refractivity (Wildman–Crippen MR) is 106 cm³/mol. The van der Waals surface area contributed by atoms with Crippen LogP contribution in [0.25, 0.3) is 0 Å². The Labute approximate surface area is 156 Å². The molecule has 1 amide bonds. The first-order chi connectivity index (χ1) is 11.6. The minimum atomic E-state index is -0.463. The summed E-state index contributed by atoms with van der Waals surface area (Å²) in [6.07, 6.45) is -0.234. The second kappa shape index (κ2) is 7.46. The van der Waals surface area contributed by atoms with Crippen molar-refractivity contribution in [2.24, 2.45) is 5.73 Å². The molecule has 1 aliphatic rings. The second-order valence-electron chi connectivity index (χ2n) is 7.71. The van der Waals surface area contributed by atoms with E-state index in [1.807, 2.05) is 20.8 Å². The molecule has 1 heterocycles. The molecule has 0 unspecified atom stereocenters. The van der Waals surface area contributed by atoms with Gasteiger partial charge in [0.05, 0.1) is 0 Å². The summed E-state index contributed by atoms with van der Waals surface area (Å²) in [7, 11) is 0. The Morgan fingerprint density at radius 3 is 2.12 bits per heavy atom. The van der Waals surface area contributed by atoms with Gasteiger partial charge in [-0.1, -0.05) is 0 Å². The van der Waals surface area contributed by atoms with E-state index < -0.39 is 5.60 Å². The van der Waals surface area contributed by atoms with E-state index in [9.17, 15) is 4.79 Å². The first-order valence-electron chi connectivity index (χ1n) is 8.81. The molecule has 1 aromatic rings. The molecule has 0 aromatic heterocycles. The van der Waals surface area contributed by atoms with Crippen LogP contribution in [0, 0.1) is 20.8 Å². The molecule has 2 rings (SSSR count). The molecular formula is C19H31N3O2S. The quantitative estimate of drug-likeness (QED) is 0.789. The Hall–Kier alpha value is -1.40. The minimum Gasteiger partial charge on any atom is -0.444 e. The lowest BCUT2D eigenvalue weighted by molar-refractivity contribution is 0.0240. The molecule has 6 heteroatoms. The molecular weight excluding hydrogens is 334 g/mol. The van der Waals surface area contributed by atoms with Crippen molar-refractivity contribution >= 4 is 24.4 Å². The smallest absolute Gasteiger partial charge is 0.410 e. The number of piperazine rings is 1. The van der Waals surface area contributed by atoms with E-state index in [4.69, 9.17) is 23.1 Å². The summed E-state index contributed by atoms with van der Waals surface area (Å²) in [4.78, 5) is 17.4. The van der Waals surface area contributed by atoms with Gasteiger partial charge in [0, 0.05) is 43.3 Å². The Morgan fingerprint density at radius 1 is 1.08 bits per heavy atom. The maximum absolute atomic E-state index is 12.2. The average Bonchev–Trinajstić information content (AvgIpc) is 2.52. The topological polar surface area (TPSA) is 58.8 Å². The van der Waals surface area contributed by atoms with Gasteiger partial charge >= 0.3 is 6.09 Å². The fraction of sp³-hybridized carbons (Fsp3) is 0.632. The fourth-order valence-electron chi connectivity index (χ4n) is 3.46. The largest absolute Gasteiger partial charge is 0.444 e. The van der Waals surface area contributed by atoms with Gasteiger partial charge in [-0.3, -0.25) is 0 Å². The first-order valence-corrected chi connectivity index (χ1v) is 9.26. The van der Waals surface area contributed by atoms with Crippen LogP contribution in [0.5, 0.6) is 0 Å². The third-order valence-corrected chi connectivity index (χ3v) is 5.45. The van der Waals surface area contributed by atoms with Crippen molar-refractivity contribution in [2.45, 2.75) is 58.6 Å². The second-order valence-corrected chi connectivity index (χ2v) is 8.16. The van der Waals surface area contributed by atoms with Gasteiger partial charge in [0.25, 0.3) is 0 Å². The molecule has 1 saturated heterocycles. The maximum atomic E-state index is 12.2. The molecule has 0 atom stereocenters.